The maximum Gasteiger partial charge on any atom is 0.264 e. The molecule has 1 N–H and O–H groups in total. The van der Waals surface area contributed by atoms with Gasteiger partial charge in [0.25, 0.3) is 11.8 Å². The minimum absolute atomic E-state index is 0.0268. The minimum Gasteiger partial charge on any atom is -0.493 e. The number of piperidine rings is 1. The second-order valence-electron chi connectivity index (χ2n) is 7.65. The molecule has 0 aliphatic carbocycles. The van der Waals surface area contributed by atoms with Crippen molar-refractivity contribution in [2.24, 2.45) is 5.92 Å². The summed E-state index contributed by atoms with van der Waals surface area (Å²) in [6.07, 6.45) is 3.82. The number of rotatable bonds is 4. The molecule has 1 aromatic carbocycles. The van der Waals surface area contributed by atoms with E-state index in [-0.39, 0.29) is 11.8 Å². The van der Waals surface area contributed by atoms with Gasteiger partial charge < -0.3 is 15.0 Å². The Balaban J connectivity index is 1.27. The average molecular weight is 399 g/mol. The standard InChI is InChI=1S/C22H26N2O3S/c1-15-8-12-28-20(15)22(26)24-9-6-16(7-10-24)14-23-21(25)18-4-5-19-17(13-18)3-2-11-27-19/h4-5,8,12-13,16H,2-3,6-7,9-11,14H2,1H3,(H,23,25). The summed E-state index contributed by atoms with van der Waals surface area (Å²) in [5, 5.41) is 5.04. The largest absolute Gasteiger partial charge is 0.493 e. The Morgan fingerprint density at radius 1 is 1.25 bits per heavy atom. The fraction of sp³-hybridized carbons (Fsp3) is 0.455. The van der Waals surface area contributed by atoms with Crippen LogP contribution in [0, 0.1) is 12.8 Å². The van der Waals surface area contributed by atoms with Crippen LogP contribution < -0.4 is 10.1 Å². The highest BCUT2D eigenvalue weighted by atomic mass is 32.1. The normalized spacial score (nSPS) is 17.0. The van der Waals surface area contributed by atoms with Crippen molar-refractivity contribution in [3.63, 3.8) is 0 Å². The number of carbonyl (C=O) groups is 2. The molecule has 2 amide bonds. The molecular weight excluding hydrogens is 372 g/mol. The molecule has 0 atom stereocenters. The number of thiophene rings is 1. The quantitative estimate of drug-likeness (QED) is 0.855. The van der Waals surface area contributed by atoms with Gasteiger partial charge in [0.1, 0.15) is 5.75 Å². The third kappa shape index (κ3) is 4.07. The number of amides is 2. The van der Waals surface area contributed by atoms with Gasteiger partial charge in [0, 0.05) is 25.2 Å². The molecular formula is C22H26N2O3S. The molecule has 6 heteroatoms. The van der Waals surface area contributed by atoms with Crippen LogP contribution in [0.3, 0.4) is 0 Å². The molecule has 1 saturated heterocycles. The van der Waals surface area contributed by atoms with E-state index in [1.807, 2.05) is 41.5 Å². The first-order chi connectivity index (χ1) is 13.6. The number of carbonyl (C=O) groups excluding carboxylic acids is 2. The summed E-state index contributed by atoms with van der Waals surface area (Å²) >= 11 is 1.52. The van der Waals surface area contributed by atoms with E-state index >= 15 is 0 Å². The molecule has 2 aliphatic heterocycles. The molecule has 0 unspecified atom stereocenters. The lowest BCUT2D eigenvalue weighted by Gasteiger charge is -2.32. The van der Waals surface area contributed by atoms with Gasteiger partial charge in [-0.1, -0.05) is 0 Å². The van der Waals surface area contributed by atoms with Crippen LogP contribution in [0.15, 0.2) is 29.6 Å². The minimum atomic E-state index is -0.0268. The predicted octanol–water partition coefficient (Wildman–Crippen LogP) is 3.66. The highest BCUT2D eigenvalue weighted by molar-refractivity contribution is 7.12. The van der Waals surface area contributed by atoms with Gasteiger partial charge in [-0.3, -0.25) is 9.59 Å². The number of hydrogen-bond acceptors (Lipinski definition) is 4. The topological polar surface area (TPSA) is 58.6 Å². The summed E-state index contributed by atoms with van der Waals surface area (Å²) in [6, 6.07) is 7.69. The fourth-order valence-electron chi connectivity index (χ4n) is 3.92. The number of nitrogens with one attached hydrogen (secondary N) is 1. The molecule has 4 rings (SSSR count). The summed E-state index contributed by atoms with van der Waals surface area (Å²) in [4.78, 5) is 27.9. The molecule has 0 saturated carbocycles. The van der Waals surface area contributed by atoms with E-state index in [4.69, 9.17) is 4.74 Å². The molecule has 1 fully saturated rings. The van der Waals surface area contributed by atoms with Gasteiger partial charge >= 0.3 is 0 Å². The first kappa shape index (κ1) is 19.0. The maximum absolute atomic E-state index is 12.6. The van der Waals surface area contributed by atoms with E-state index in [0.717, 1.165) is 67.1 Å². The SMILES string of the molecule is Cc1ccsc1C(=O)N1CCC(CNC(=O)c2ccc3c(c2)CCCO3)CC1. The third-order valence-corrected chi connectivity index (χ3v) is 6.68. The fourth-order valence-corrected chi connectivity index (χ4v) is 4.81. The van der Waals surface area contributed by atoms with Gasteiger partial charge in [0.15, 0.2) is 0 Å². The van der Waals surface area contributed by atoms with E-state index < -0.39 is 0 Å². The Labute approximate surface area is 169 Å². The van der Waals surface area contributed by atoms with Crippen LogP contribution in [0.5, 0.6) is 5.75 Å². The second-order valence-corrected chi connectivity index (χ2v) is 8.57. The Morgan fingerprint density at radius 3 is 2.82 bits per heavy atom. The summed E-state index contributed by atoms with van der Waals surface area (Å²) < 4.78 is 5.61. The first-order valence-electron chi connectivity index (χ1n) is 9.99. The first-order valence-corrected chi connectivity index (χ1v) is 10.9. The predicted molar refractivity (Wildman–Crippen MR) is 110 cm³/mol. The van der Waals surface area contributed by atoms with Crippen LogP contribution in [0.2, 0.25) is 0 Å². The Morgan fingerprint density at radius 2 is 2.07 bits per heavy atom. The smallest absolute Gasteiger partial charge is 0.264 e. The van der Waals surface area contributed by atoms with Crippen molar-refractivity contribution in [2.75, 3.05) is 26.2 Å². The van der Waals surface area contributed by atoms with Crippen LogP contribution in [0.25, 0.3) is 0 Å². The number of nitrogens with zero attached hydrogens (tertiary/aromatic N) is 1. The molecule has 1 aromatic heterocycles. The van der Waals surface area contributed by atoms with Crippen molar-refractivity contribution in [3.8, 4) is 5.75 Å². The van der Waals surface area contributed by atoms with Gasteiger partial charge in [0.2, 0.25) is 0 Å². The summed E-state index contributed by atoms with van der Waals surface area (Å²) in [7, 11) is 0. The summed E-state index contributed by atoms with van der Waals surface area (Å²) in [5.74, 6) is 1.44. The molecule has 2 aliphatic rings. The third-order valence-electron chi connectivity index (χ3n) is 5.68. The maximum atomic E-state index is 12.6. The van der Waals surface area contributed by atoms with Crippen LogP contribution in [0.1, 0.15) is 50.4 Å². The van der Waals surface area contributed by atoms with Crippen molar-refractivity contribution in [1.29, 1.82) is 0 Å². The van der Waals surface area contributed by atoms with Crippen molar-refractivity contribution in [1.82, 2.24) is 10.2 Å². The van der Waals surface area contributed by atoms with Gasteiger partial charge in [0.05, 0.1) is 11.5 Å². The lowest BCUT2D eigenvalue weighted by molar-refractivity contribution is 0.0688. The number of likely N-dealkylation sites (tertiary alicyclic amines) is 1. The average Bonchev–Trinajstić information content (AvgIpc) is 3.17. The second kappa shape index (κ2) is 8.35. The van der Waals surface area contributed by atoms with Crippen molar-refractivity contribution in [2.45, 2.75) is 32.6 Å². The Hall–Kier alpha value is -2.34. The molecule has 0 radical (unpaired) electrons. The van der Waals surface area contributed by atoms with Crippen molar-refractivity contribution >= 4 is 23.2 Å². The molecule has 2 aromatic rings. The Kier molecular flexibility index (Phi) is 5.67. The molecule has 5 nitrogen and oxygen atoms in total. The zero-order chi connectivity index (χ0) is 19.5. The van der Waals surface area contributed by atoms with Crippen LogP contribution in [-0.4, -0.2) is 43.0 Å². The van der Waals surface area contributed by atoms with Crippen LogP contribution in [0.4, 0.5) is 0 Å². The molecule has 0 bridgehead atoms. The highest BCUT2D eigenvalue weighted by Gasteiger charge is 2.25. The number of hydrogen-bond donors (Lipinski definition) is 1. The molecule has 28 heavy (non-hydrogen) atoms. The van der Waals surface area contributed by atoms with Gasteiger partial charge in [-0.15, -0.1) is 11.3 Å². The van der Waals surface area contributed by atoms with Crippen molar-refractivity contribution in [3.05, 3.63) is 51.2 Å². The van der Waals surface area contributed by atoms with Crippen LogP contribution in [-0.2, 0) is 6.42 Å². The zero-order valence-electron chi connectivity index (χ0n) is 16.2. The number of ether oxygens (including phenoxy) is 1. The van der Waals surface area contributed by atoms with E-state index in [9.17, 15) is 9.59 Å². The molecule has 148 valence electrons. The summed E-state index contributed by atoms with van der Waals surface area (Å²) in [5.41, 5.74) is 2.87. The number of aryl methyl sites for hydroxylation is 2. The monoisotopic (exact) mass is 398 g/mol. The van der Waals surface area contributed by atoms with E-state index in [1.165, 1.54) is 11.3 Å². The van der Waals surface area contributed by atoms with Gasteiger partial charge in [-0.2, -0.15) is 0 Å². The van der Waals surface area contributed by atoms with Gasteiger partial charge in [-0.25, -0.2) is 0 Å². The number of benzene rings is 1. The Bertz CT molecular complexity index is 868. The highest BCUT2D eigenvalue weighted by Crippen LogP contribution is 2.26. The number of fused-ring (bicyclic) bond motifs is 1. The van der Waals surface area contributed by atoms with Crippen LogP contribution >= 0.6 is 11.3 Å². The summed E-state index contributed by atoms with van der Waals surface area (Å²) in [6.45, 7) is 4.91. The zero-order valence-corrected chi connectivity index (χ0v) is 17.0. The van der Waals surface area contributed by atoms with E-state index in [0.29, 0.717) is 18.0 Å². The lowest BCUT2D eigenvalue weighted by atomic mass is 9.96. The van der Waals surface area contributed by atoms with Gasteiger partial charge in [-0.05, 0) is 79.3 Å². The van der Waals surface area contributed by atoms with E-state index in [2.05, 4.69) is 5.32 Å². The van der Waals surface area contributed by atoms with Crippen molar-refractivity contribution < 1.29 is 14.3 Å². The van der Waals surface area contributed by atoms with E-state index in [1.54, 1.807) is 0 Å². The molecule has 0 spiro atoms. The molecule has 3 heterocycles. The lowest BCUT2D eigenvalue weighted by Crippen LogP contribution is -2.41.